The van der Waals surface area contributed by atoms with Crippen LogP contribution in [0.1, 0.15) is 11.5 Å². The lowest BCUT2D eigenvalue weighted by Gasteiger charge is -2.12. The highest BCUT2D eigenvalue weighted by molar-refractivity contribution is 5.99. The van der Waals surface area contributed by atoms with Crippen molar-refractivity contribution in [2.45, 2.75) is 13.8 Å². The molecule has 0 spiro atoms. The van der Waals surface area contributed by atoms with Crippen LogP contribution in [-0.4, -0.2) is 26.1 Å². The zero-order chi connectivity index (χ0) is 20.0. The molecule has 2 heterocycles. The van der Waals surface area contributed by atoms with Crippen LogP contribution in [0, 0.1) is 19.7 Å². The molecule has 0 bridgehead atoms. The zero-order valence-electron chi connectivity index (χ0n) is 14.9. The molecule has 0 radical (unpaired) electrons. The maximum absolute atomic E-state index is 14.1. The molecule has 142 valence electrons. The van der Waals surface area contributed by atoms with Crippen LogP contribution in [0.15, 0.2) is 47.0 Å². The van der Waals surface area contributed by atoms with Gasteiger partial charge < -0.3 is 24.0 Å². The van der Waals surface area contributed by atoms with Crippen LogP contribution in [0.25, 0.3) is 27.8 Å². The third-order valence-electron chi connectivity index (χ3n) is 4.48. The first-order valence-electron chi connectivity index (χ1n) is 8.35. The SMILES string of the molecule is Cc1noc(C)c1-c1c(OC(=O)O)c2ccccc2n1-c1ccc(O)c(F)c1. The van der Waals surface area contributed by atoms with E-state index in [-0.39, 0.29) is 5.75 Å². The standard InChI is InChI=1S/C20H15FN2O5/c1-10-17(11(2)28-22-10)18-19(27-20(25)26)13-5-3-4-6-15(13)23(18)12-7-8-16(24)14(21)9-12/h3-9,24H,1-2H3,(H,25,26). The van der Waals surface area contributed by atoms with Crippen molar-refractivity contribution in [3.05, 3.63) is 59.7 Å². The van der Waals surface area contributed by atoms with Crippen molar-refractivity contribution in [2.24, 2.45) is 0 Å². The number of nitrogens with zero attached hydrogens (tertiary/aromatic N) is 2. The number of halogens is 1. The number of carboxylic acid groups (broad SMARTS) is 1. The van der Waals surface area contributed by atoms with Gasteiger partial charge in [-0.15, -0.1) is 0 Å². The van der Waals surface area contributed by atoms with E-state index in [1.54, 1.807) is 42.7 Å². The monoisotopic (exact) mass is 382 g/mol. The summed E-state index contributed by atoms with van der Waals surface area (Å²) in [5.74, 6) is -0.746. The third kappa shape index (κ3) is 2.66. The smallest absolute Gasteiger partial charge is 0.505 e. The number of fused-ring (bicyclic) bond motifs is 1. The quantitative estimate of drug-likeness (QED) is 0.494. The lowest BCUT2D eigenvalue weighted by Crippen LogP contribution is -2.05. The molecule has 0 saturated carbocycles. The number of rotatable bonds is 3. The van der Waals surface area contributed by atoms with Crippen molar-refractivity contribution in [3.63, 3.8) is 0 Å². The number of phenols is 1. The fourth-order valence-corrected chi connectivity index (χ4v) is 3.35. The highest BCUT2D eigenvalue weighted by Crippen LogP contribution is 2.44. The Balaban J connectivity index is 2.17. The summed E-state index contributed by atoms with van der Waals surface area (Å²) in [4.78, 5) is 11.4. The zero-order valence-corrected chi connectivity index (χ0v) is 14.9. The number of carbonyl (C=O) groups is 1. The van der Waals surface area contributed by atoms with Crippen LogP contribution >= 0.6 is 0 Å². The lowest BCUT2D eigenvalue weighted by molar-refractivity contribution is 0.145. The second kappa shape index (κ2) is 6.41. The number of aromatic hydroxyl groups is 1. The summed E-state index contributed by atoms with van der Waals surface area (Å²) in [7, 11) is 0. The Kier molecular flexibility index (Phi) is 4.03. The molecule has 0 aliphatic heterocycles. The molecule has 0 aliphatic carbocycles. The van der Waals surface area contributed by atoms with Gasteiger partial charge in [0.1, 0.15) is 11.5 Å². The van der Waals surface area contributed by atoms with Crippen LogP contribution in [0.4, 0.5) is 9.18 Å². The van der Waals surface area contributed by atoms with Gasteiger partial charge in [0, 0.05) is 17.1 Å². The second-order valence-corrected chi connectivity index (χ2v) is 6.23. The summed E-state index contributed by atoms with van der Waals surface area (Å²) in [6, 6.07) is 10.9. The first-order valence-corrected chi connectivity index (χ1v) is 8.35. The van der Waals surface area contributed by atoms with Gasteiger partial charge >= 0.3 is 6.16 Å². The molecule has 8 heteroatoms. The maximum Gasteiger partial charge on any atom is 0.511 e. The van der Waals surface area contributed by atoms with Crippen LogP contribution in [-0.2, 0) is 0 Å². The van der Waals surface area contributed by atoms with Gasteiger partial charge in [0.05, 0.1) is 16.8 Å². The molecule has 0 aliphatic rings. The van der Waals surface area contributed by atoms with E-state index in [9.17, 15) is 19.4 Å². The molecule has 28 heavy (non-hydrogen) atoms. The lowest BCUT2D eigenvalue weighted by atomic mass is 10.1. The highest BCUT2D eigenvalue weighted by atomic mass is 19.1. The van der Waals surface area contributed by atoms with E-state index in [4.69, 9.17) is 9.26 Å². The molecule has 2 aromatic carbocycles. The maximum atomic E-state index is 14.1. The Labute approximate surface area is 158 Å². The second-order valence-electron chi connectivity index (χ2n) is 6.23. The van der Waals surface area contributed by atoms with Crippen LogP contribution in [0.3, 0.4) is 0 Å². The minimum atomic E-state index is -1.48. The summed E-state index contributed by atoms with van der Waals surface area (Å²) in [6.07, 6.45) is -1.48. The predicted molar refractivity (Wildman–Crippen MR) is 98.5 cm³/mol. The average Bonchev–Trinajstić information content (AvgIpc) is 3.14. The number of para-hydroxylation sites is 1. The Morgan fingerprint density at radius 3 is 2.61 bits per heavy atom. The van der Waals surface area contributed by atoms with E-state index in [2.05, 4.69) is 5.16 Å². The van der Waals surface area contributed by atoms with Crippen LogP contribution in [0.5, 0.6) is 11.5 Å². The Hall–Kier alpha value is -3.81. The van der Waals surface area contributed by atoms with E-state index >= 15 is 0 Å². The number of benzene rings is 2. The Morgan fingerprint density at radius 1 is 1.21 bits per heavy atom. The first kappa shape index (κ1) is 17.6. The van der Waals surface area contributed by atoms with Gasteiger partial charge in [-0.25, -0.2) is 9.18 Å². The summed E-state index contributed by atoms with van der Waals surface area (Å²) in [5.41, 5.74) is 2.41. The predicted octanol–water partition coefficient (Wildman–Crippen LogP) is 4.80. The molecule has 0 saturated heterocycles. The van der Waals surface area contributed by atoms with Gasteiger partial charge in [0.15, 0.2) is 17.3 Å². The van der Waals surface area contributed by atoms with Crippen molar-refractivity contribution in [1.29, 1.82) is 0 Å². The molecule has 4 rings (SSSR count). The van der Waals surface area contributed by atoms with E-state index < -0.39 is 17.7 Å². The number of phenolic OH excluding ortho intramolecular Hbond substituents is 1. The molecule has 0 atom stereocenters. The fraction of sp³-hybridized carbons (Fsp3) is 0.100. The topological polar surface area (TPSA) is 97.7 Å². The minimum absolute atomic E-state index is 0.0889. The summed E-state index contributed by atoms with van der Waals surface area (Å²) in [5, 5.41) is 23.3. The molecule has 2 N–H and O–H groups in total. The van der Waals surface area contributed by atoms with Crippen molar-refractivity contribution in [2.75, 3.05) is 0 Å². The molecule has 0 amide bonds. The molecular formula is C20H15FN2O5. The van der Waals surface area contributed by atoms with Crippen LogP contribution < -0.4 is 4.74 Å². The molecule has 0 unspecified atom stereocenters. The molecule has 7 nitrogen and oxygen atoms in total. The Bertz CT molecular complexity index is 1210. The van der Waals surface area contributed by atoms with Gasteiger partial charge in [-0.05, 0) is 38.1 Å². The third-order valence-corrected chi connectivity index (χ3v) is 4.48. The average molecular weight is 382 g/mol. The highest BCUT2D eigenvalue weighted by Gasteiger charge is 2.27. The van der Waals surface area contributed by atoms with Crippen molar-refractivity contribution in [1.82, 2.24) is 9.72 Å². The van der Waals surface area contributed by atoms with Gasteiger partial charge in [0.2, 0.25) is 0 Å². The van der Waals surface area contributed by atoms with Gasteiger partial charge in [-0.3, -0.25) is 0 Å². The van der Waals surface area contributed by atoms with Crippen molar-refractivity contribution in [3.8, 4) is 28.4 Å². The Morgan fingerprint density at radius 2 is 1.96 bits per heavy atom. The van der Waals surface area contributed by atoms with Crippen LogP contribution in [0.2, 0.25) is 0 Å². The normalized spacial score (nSPS) is 11.1. The number of ether oxygens (including phenoxy) is 1. The number of hydrogen-bond acceptors (Lipinski definition) is 5. The van der Waals surface area contributed by atoms with E-state index in [0.29, 0.717) is 39.3 Å². The summed E-state index contributed by atoms with van der Waals surface area (Å²) < 4.78 is 26.1. The summed E-state index contributed by atoms with van der Waals surface area (Å²) in [6.45, 7) is 3.41. The molecular weight excluding hydrogens is 367 g/mol. The van der Waals surface area contributed by atoms with E-state index in [1.165, 1.54) is 12.1 Å². The summed E-state index contributed by atoms with van der Waals surface area (Å²) >= 11 is 0. The van der Waals surface area contributed by atoms with E-state index in [1.807, 2.05) is 0 Å². The fourth-order valence-electron chi connectivity index (χ4n) is 3.35. The number of aryl methyl sites for hydroxylation is 2. The molecule has 0 fully saturated rings. The minimum Gasteiger partial charge on any atom is -0.505 e. The number of hydrogen-bond donors (Lipinski definition) is 2. The van der Waals surface area contributed by atoms with Gasteiger partial charge in [-0.2, -0.15) is 0 Å². The van der Waals surface area contributed by atoms with Crippen molar-refractivity contribution >= 4 is 17.1 Å². The first-order chi connectivity index (χ1) is 13.4. The molecule has 2 aromatic heterocycles. The number of aromatic nitrogens is 2. The molecule has 4 aromatic rings. The van der Waals surface area contributed by atoms with Gasteiger partial charge in [-0.1, -0.05) is 17.3 Å². The van der Waals surface area contributed by atoms with E-state index in [0.717, 1.165) is 6.07 Å². The van der Waals surface area contributed by atoms with Crippen molar-refractivity contribution < 1.29 is 28.7 Å². The van der Waals surface area contributed by atoms with Gasteiger partial charge in [0.25, 0.3) is 0 Å². The largest absolute Gasteiger partial charge is 0.511 e.